The molecular formula is C16H16N6O7S2. The number of aromatic nitrogens is 1. The maximum absolute atomic E-state index is 12.7. The molecule has 0 bridgehead atoms. The Hall–Kier alpha value is -3.56. The largest absolute Gasteiger partial charge is 0.398 e. The molecule has 3 amide bonds. The number of thiazole rings is 1. The van der Waals surface area contributed by atoms with E-state index in [9.17, 15) is 27.4 Å². The summed E-state index contributed by atoms with van der Waals surface area (Å²) in [5.74, 6) is -3.13. The average Bonchev–Trinajstić information content (AvgIpc) is 3.13. The minimum Gasteiger partial charge on any atom is -0.398 e. The zero-order chi connectivity index (χ0) is 22.8. The van der Waals surface area contributed by atoms with Crippen molar-refractivity contribution in [1.29, 1.82) is 0 Å². The average molecular weight is 468 g/mol. The number of carbonyl (C=O) groups is 3. The van der Waals surface area contributed by atoms with Gasteiger partial charge in [0.05, 0.1) is 0 Å². The first-order chi connectivity index (χ1) is 14.6. The molecule has 0 aliphatic carbocycles. The molecule has 1 saturated heterocycles. The van der Waals surface area contributed by atoms with E-state index in [1.807, 2.05) is 0 Å². The Bertz CT molecular complexity index is 1150. The van der Waals surface area contributed by atoms with E-state index in [-0.39, 0.29) is 20.8 Å². The maximum atomic E-state index is 12.7. The van der Waals surface area contributed by atoms with Gasteiger partial charge in [0.15, 0.2) is 16.9 Å². The number of anilines is 2. The number of hydrogen-bond acceptors (Lipinski definition) is 10. The van der Waals surface area contributed by atoms with Crippen molar-refractivity contribution in [3.05, 3.63) is 41.4 Å². The van der Waals surface area contributed by atoms with E-state index in [1.54, 1.807) is 18.2 Å². The standard InChI is InChI=1S/C16H16N6O7S2/c1-29-21-10(9-7-30-16(17)19-9)13(23)20-11-12(22(15(11)25)31(26,27)28)14(24)18-8-5-3-2-4-6-8/h2-7,11-12H,1H3,(H2,17,19)(H,18,24)(H,20,23)(H,26,27,28). The number of nitrogens with two attached hydrogens (primary N) is 1. The van der Waals surface area contributed by atoms with Gasteiger partial charge >= 0.3 is 10.3 Å². The third-order valence-electron chi connectivity index (χ3n) is 4.06. The molecule has 31 heavy (non-hydrogen) atoms. The Kier molecular flexibility index (Phi) is 6.19. The number of amides is 3. The lowest BCUT2D eigenvalue weighted by Crippen LogP contribution is -2.75. The lowest BCUT2D eigenvalue weighted by atomic mass is 9.97. The fraction of sp³-hybridized carbons (Fsp3) is 0.188. The number of carbonyl (C=O) groups excluding carboxylic acids is 3. The van der Waals surface area contributed by atoms with Crippen molar-refractivity contribution < 1.29 is 32.2 Å². The Morgan fingerprint density at radius 3 is 2.55 bits per heavy atom. The molecule has 1 aliphatic heterocycles. The van der Waals surface area contributed by atoms with E-state index < -0.39 is 40.1 Å². The minimum absolute atomic E-state index is 0.0236. The van der Waals surface area contributed by atoms with Crippen molar-refractivity contribution in [3.8, 4) is 0 Å². The molecule has 0 radical (unpaired) electrons. The van der Waals surface area contributed by atoms with E-state index in [0.717, 1.165) is 11.3 Å². The van der Waals surface area contributed by atoms with Gasteiger partial charge in [0.25, 0.3) is 17.7 Å². The monoisotopic (exact) mass is 468 g/mol. The van der Waals surface area contributed by atoms with Crippen molar-refractivity contribution in [2.24, 2.45) is 5.16 Å². The van der Waals surface area contributed by atoms with Crippen LogP contribution in [-0.4, -0.2) is 64.9 Å². The molecule has 2 heterocycles. The van der Waals surface area contributed by atoms with Gasteiger partial charge in [-0.15, -0.1) is 11.3 Å². The van der Waals surface area contributed by atoms with Crippen molar-refractivity contribution in [3.63, 3.8) is 0 Å². The lowest BCUT2D eigenvalue weighted by Gasteiger charge is -2.42. The highest BCUT2D eigenvalue weighted by Crippen LogP contribution is 2.25. The van der Waals surface area contributed by atoms with Gasteiger partial charge in [0, 0.05) is 11.1 Å². The van der Waals surface area contributed by atoms with Crippen LogP contribution in [0, 0.1) is 0 Å². The molecule has 1 aromatic carbocycles. The first-order valence-electron chi connectivity index (χ1n) is 8.43. The van der Waals surface area contributed by atoms with E-state index in [1.165, 1.54) is 24.6 Å². The summed E-state index contributed by atoms with van der Waals surface area (Å²) in [5.41, 5.74) is 5.55. The summed E-state index contributed by atoms with van der Waals surface area (Å²) in [5, 5.41) is 9.75. The number of oxime groups is 1. The van der Waals surface area contributed by atoms with Crippen LogP contribution in [0.1, 0.15) is 5.69 Å². The van der Waals surface area contributed by atoms with E-state index >= 15 is 0 Å². The molecule has 2 aromatic rings. The fourth-order valence-electron chi connectivity index (χ4n) is 2.76. The number of rotatable bonds is 7. The second-order valence-electron chi connectivity index (χ2n) is 6.06. The summed E-state index contributed by atoms with van der Waals surface area (Å²) >= 11 is 1.02. The summed E-state index contributed by atoms with van der Waals surface area (Å²) in [6, 6.07) is 4.65. The van der Waals surface area contributed by atoms with Gasteiger partial charge < -0.3 is 21.2 Å². The van der Waals surface area contributed by atoms with Crippen LogP contribution in [0.3, 0.4) is 0 Å². The van der Waals surface area contributed by atoms with Crippen molar-refractivity contribution in [1.82, 2.24) is 14.6 Å². The summed E-state index contributed by atoms with van der Waals surface area (Å²) < 4.78 is 32.5. The van der Waals surface area contributed by atoms with Gasteiger partial charge in [0.2, 0.25) is 0 Å². The van der Waals surface area contributed by atoms with Gasteiger partial charge in [-0.1, -0.05) is 23.4 Å². The summed E-state index contributed by atoms with van der Waals surface area (Å²) in [7, 11) is -3.89. The zero-order valence-electron chi connectivity index (χ0n) is 15.8. The van der Waals surface area contributed by atoms with Gasteiger partial charge in [-0.25, -0.2) is 4.98 Å². The summed E-state index contributed by atoms with van der Waals surface area (Å²) in [4.78, 5) is 46.1. The Morgan fingerprint density at radius 1 is 1.32 bits per heavy atom. The van der Waals surface area contributed by atoms with Crippen LogP contribution in [0.2, 0.25) is 0 Å². The van der Waals surface area contributed by atoms with Gasteiger partial charge in [-0.2, -0.15) is 12.7 Å². The minimum atomic E-state index is -5.06. The second-order valence-corrected chi connectivity index (χ2v) is 8.24. The van der Waals surface area contributed by atoms with Crippen molar-refractivity contribution in [2.75, 3.05) is 18.2 Å². The first kappa shape index (κ1) is 22.1. The topological polar surface area (TPSA) is 193 Å². The van der Waals surface area contributed by atoms with E-state index in [4.69, 9.17) is 5.73 Å². The molecule has 5 N–H and O–H groups in total. The molecule has 0 saturated carbocycles. The highest BCUT2D eigenvalue weighted by Gasteiger charge is 2.58. The maximum Gasteiger partial charge on any atom is 0.363 e. The van der Waals surface area contributed by atoms with E-state index in [0.29, 0.717) is 5.69 Å². The molecule has 2 unspecified atom stereocenters. The lowest BCUT2D eigenvalue weighted by molar-refractivity contribution is -0.150. The van der Waals surface area contributed by atoms with Crippen LogP contribution < -0.4 is 16.4 Å². The Balaban J connectivity index is 1.85. The summed E-state index contributed by atoms with van der Waals surface area (Å²) in [6.07, 6.45) is 0. The highest BCUT2D eigenvalue weighted by molar-refractivity contribution is 7.84. The molecule has 13 nitrogen and oxygen atoms in total. The number of hydrogen-bond donors (Lipinski definition) is 4. The zero-order valence-corrected chi connectivity index (χ0v) is 17.4. The molecule has 2 atom stereocenters. The molecule has 164 valence electrons. The molecular weight excluding hydrogens is 452 g/mol. The van der Waals surface area contributed by atoms with Gasteiger partial charge in [0.1, 0.15) is 18.8 Å². The van der Waals surface area contributed by atoms with Crippen LogP contribution in [-0.2, 0) is 29.5 Å². The quantitative estimate of drug-likeness (QED) is 0.174. The van der Waals surface area contributed by atoms with Gasteiger partial charge in [-0.3, -0.25) is 18.9 Å². The Morgan fingerprint density at radius 2 is 2.00 bits per heavy atom. The molecule has 15 heteroatoms. The number of nitrogens with one attached hydrogen (secondary N) is 2. The highest BCUT2D eigenvalue weighted by atomic mass is 32.2. The number of β-lactam (4-membered cyclic amide) rings is 1. The number of benzene rings is 1. The molecule has 0 spiro atoms. The van der Waals surface area contributed by atoms with Crippen molar-refractivity contribution >= 4 is 55.9 Å². The molecule has 1 aliphatic rings. The van der Waals surface area contributed by atoms with Crippen LogP contribution in [0.4, 0.5) is 10.8 Å². The molecule has 1 aromatic heterocycles. The van der Waals surface area contributed by atoms with Crippen LogP contribution in [0.25, 0.3) is 0 Å². The predicted octanol–water partition coefficient (Wildman–Crippen LogP) is -0.787. The number of nitrogens with zero attached hydrogens (tertiary/aromatic N) is 3. The first-order valence-corrected chi connectivity index (χ1v) is 10.7. The smallest absolute Gasteiger partial charge is 0.363 e. The van der Waals surface area contributed by atoms with Gasteiger partial charge in [-0.05, 0) is 12.1 Å². The third-order valence-corrected chi connectivity index (χ3v) is 5.64. The number of nitrogen functional groups attached to an aromatic ring is 1. The van der Waals surface area contributed by atoms with E-state index in [2.05, 4.69) is 25.6 Å². The molecule has 3 rings (SSSR count). The van der Waals surface area contributed by atoms with Crippen LogP contribution >= 0.6 is 11.3 Å². The van der Waals surface area contributed by atoms with Crippen molar-refractivity contribution in [2.45, 2.75) is 12.1 Å². The predicted molar refractivity (Wildman–Crippen MR) is 109 cm³/mol. The fourth-order valence-corrected chi connectivity index (χ4v) is 4.15. The van der Waals surface area contributed by atoms with Crippen LogP contribution in [0.15, 0.2) is 40.9 Å². The summed E-state index contributed by atoms with van der Waals surface area (Å²) in [6.45, 7) is 0. The second kappa shape index (κ2) is 8.66. The molecule has 1 fully saturated rings. The van der Waals surface area contributed by atoms with Crippen LogP contribution in [0.5, 0.6) is 0 Å². The normalized spacial score (nSPS) is 18.8. The third kappa shape index (κ3) is 4.62. The SMILES string of the molecule is CON=C(C(=O)NC1C(=O)N(S(=O)(=O)O)C1C(=O)Nc1ccccc1)c1csc(N)n1. The number of para-hydroxylation sites is 1. The Labute approximate surface area is 179 Å².